The Balaban J connectivity index is 1.99. The van der Waals surface area contributed by atoms with Gasteiger partial charge in [0, 0.05) is 34.7 Å². The second-order valence-corrected chi connectivity index (χ2v) is 5.06. The van der Waals surface area contributed by atoms with Crippen LogP contribution in [0.3, 0.4) is 0 Å². The summed E-state index contributed by atoms with van der Waals surface area (Å²) in [6.07, 6.45) is 0. The molecule has 0 aliphatic carbocycles. The highest BCUT2D eigenvalue weighted by atomic mass is 79.9. The maximum atomic E-state index is 5.74. The number of rotatable bonds is 5. The lowest BCUT2D eigenvalue weighted by Crippen LogP contribution is -2.34. The number of aromatic nitrogens is 1. The molecule has 4 N–H and O–H groups in total. The Morgan fingerprint density at radius 3 is 3.11 bits per heavy atom. The molecule has 2 rings (SSSR count). The van der Waals surface area contributed by atoms with Gasteiger partial charge < -0.3 is 20.8 Å². The molecule has 0 unspecified atom stereocenters. The summed E-state index contributed by atoms with van der Waals surface area (Å²) in [5.74, 6) is 0.428. The number of methoxy groups -OCH3 is 1. The van der Waals surface area contributed by atoms with Crippen LogP contribution < -0.4 is 11.1 Å². The molecule has 6 heteroatoms. The molecule has 5 nitrogen and oxygen atoms in total. The summed E-state index contributed by atoms with van der Waals surface area (Å²) < 4.78 is 5.99. The quantitative estimate of drug-likeness (QED) is 0.447. The van der Waals surface area contributed by atoms with Crippen molar-refractivity contribution >= 4 is 32.8 Å². The van der Waals surface area contributed by atoms with Crippen LogP contribution in [0, 0.1) is 0 Å². The van der Waals surface area contributed by atoms with Crippen molar-refractivity contribution < 1.29 is 4.74 Å². The van der Waals surface area contributed by atoms with Crippen molar-refractivity contribution in [1.82, 2.24) is 10.3 Å². The highest BCUT2D eigenvalue weighted by molar-refractivity contribution is 9.10. The van der Waals surface area contributed by atoms with E-state index in [1.807, 2.05) is 12.1 Å². The number of hydrogen-bond acceptors (Lipinski definition) is 2. The lowest BCUT2D eigenvalue weighted by molar-refractivity contribution is 0.204. The number of halogens is 1. The molecule has 2 aromatic rings. The van der Waals surface area contributed by atoms with Crippen LogP contribution in [0.25, 0.3) is 10.9 Å². The zero-order valence-electron chi connectivity index (χ0n) is 10.7. The van der Waals surface area contributed by atoms with E-state index >= 15 is 0 Å². The van der Waals surface area contributed by atoms with E-state index in [2.05, 4.69) is 43.4 Å². The summed E-state index contributed by atoms with van der Waals surface area (Å²) >= 11 is 3.46. The molecule has 1 heterocycles. The highest BCUT2D eigenvalue weighted by Gasteiger charge is 2.01. The fraction of sp³-hybridized carbons (Fsp3) is 0.308. The molecule has 0 aliphatic heterocycles. The molecule has 0 bridgehead atoms. The first-order valence-corrected chi connectivity index (χ1v) is 6.78. The van der Waals surface area contributed by atoms with Gasteiger partial charge in [-0.25, -0.2) is 4.99 Å². The molecule has 0 saturated heterocycles. The fourth-order valence-electron chi connectivity index (χ4n) is 1.76. The molecule has 1 aromatic heterocycles. The van der Waals surface area contributed by atoms with E-state index in [9.17, 15) is 0 Å². The molecular weight excluding hydrogens is 308 g/mol. The number of guanidine groups is 1. The zero-order chi connectivity index (χ0) is 13.7. The van der Waals surface area contributed by atoms with Gasteiger partial charge in [-0.1, -0.05) is 15.9 Å². The van der Waals surface area contributed by atoms with Crippen LogP contribution in [0.2, 0.25) is 0 Å². The zero-order valence-corrected chi connectivity index (χ0v) is 12.3. The Kier molecular flexibility index (Phi) is 4.81. The van der Waals surface area contributed by atoms with Crippen molar-refractivity contribution in [3.05, 3.63) is 34.4 Å². The van der Waals surface area contributed by atoms with Crippen molar-refractivity contribution in [2.45, 2.75) is 6.54 Å². The maximum absolute atomic E-state index is 5.74. The normalized spacial score (nSPS) is 12.0. The highest BCUT2D eigenvalue weighted by Crippen LogP contribution is 2.20. The third-order valence-corrected chi connectivity index (χ3v) is 3.16. The molecule has 1 aromatic carbocycles. The summed E-state index contributed by atoms with van der Waals surface area (Å²) in [4.78, 5) is 7.58. The van der Waals surface area contributed by atoms with E-state index in [1.54, 1.807) is 7.11 Å². The van der Waals surface area contributed by atoms with Crippen molar-refractivity contribution in [2.75, 3.05) is 20.3 Å². The van der Waals surface area contributed by atoms with Gasteiger partial charge in [-0.05, 0) is 24.3 Å². The molecule has 0 saturated carbocycles. The number of nitrogens with zero attached hydrogens (tertiary/aromatic N) is 1. The predicted molar refractivity (Wildman–Crippen MR) is 81.2 cm³/mol. The van der Waals surface area contributed by atoms with Gasteiger partial charge in [0.2, 0.25) is 0 Å². The molecule has 102 valence electrons. The molecule has 0 amide bonds. The molecule has 19 heavy (non-hydrogen) atoms. The number of ether oxygens (including phenoxy) is 1. The fourth-order valence-corrected chi connectivity index (χ4v) is 2.13. The number of aromatic amines is 1. The first-order chi connectivity index (χ1) is 9.19. The topological polar surface area (TPSA) is 75.4 Å². The third-order valence-electron chi connectivity index (χ3n) is 2.67. The Hall–Kier alpha value is -1.53. The monoisotopic (exact) mass is 324 g/mol. The Bertz CT molecular complexity index is 579. The van der Waals surface area contributed by atoms with Gasteiger partial charge in [0.1, 0.15) is 0 Å². The van der Waals surface area contributed by atoms with E-state index in [4.69, 9.17) is 10.5 Å². The Morgan fingerprint density at radius 1 is 1.47 bits per heavy atom. The van der Waals surface area contributed by atoms with Gasteiger partial charge in [-0.3, -0.25) is 0 Å². The van der Waals surface area contributed by atoms with Crippen LogP contribution in [-0.2, 0) is 11.3 Å². The van der Waals surface area contributed by atoms with Crippen molar-refractivity contribution in [3.8, 4) is 0 Å². The number of benzene rings is 1. The van der Waals surface area contributed by atoms with Gasteiger partial charge in [0.05, 0.1) is 13.2 Å². The van der Waals surface area contributed by atoms with Gasteiger partial charge in [0.15, 0.2) is 5.96 Å². The van der Waals surface area contributed by atoms with Gasteiger partial charge >= 0.3 is 0 Å². The van der Waals surface area contributed by atoms with Crippen LogP contribution in [0.15, 0.2) is 33.7 Å². The lowest BCUT2D eigenvalue weighted by atomic mass is 10.2. The second kappa shape index (κ2) is 6.58. The first-order valence-electron chi connectivity index (χ1n) is 5.99. The minimum absolute atomic E-state index is 0.428. The maximum Gasteiger partial charge on any atom is 0.189 e. The summed E-state index contributed by atoms with van der Waals surface area (Å²) in [6.45, 7) is 1.79. The van der Waals surface area contributed by atoms with E-state index in [0.29, 0.717) is 25.7 Å². The number of nitrogens with two attached hydrogens (primary N) is 1. The largest absolute Gasteiger partial charge is 0.383 e. The summed E-state index contributed by atoms with van der Waals surface area (Å²) in [5.41, 5.74) is 7.87. The average molecular weight is 325 g/mol. The molecule has 0 atom stereocenters. The molecular formula is C13H17BrN4O. The van der Waals surface area contributed by atoms with Crippen LogP contribution in [-0.4, -0.2) is 31.2 Å². The van der Waals surface area contributed by atoms with E-state index < -0.39 is 0 Å². The first kappa shape index (κ1) is 13.9. The number of aliphatic imine (C=N–C) groups is 1. The van der Waals surface area contributed by atoms with Crippen LogP contribution in [0.1, 0.15) is 5.69 Å². The predicted octanol–water partition coefficient (Wildman–Crippen LogP) is 1.98. The van der Waals surface area contributed by atoms with Crippen molar-refractivity contribution in [2.24, 2.45) is 10.7 Å². The Morgan fingerprint density at radius 2 is 2.32 bits per heavy atom. The van der Waals surface area contributed by atoms with Crippen molar-refractivity contribution in [1.29, 1.82) is 0 Å². The standard InChI is InChI=1S/C13H17BrN4O/c1-19-5-4-16-13(15)17-8-11-7-9-6-10(14)2-3-12(9)18-11/h2-3,6-7,18H,4-5,8H2,1H3,(H3,15,16,17). The van der Waals surface area contributed by atoms with E-state index in [1.165, 1.54) is 0 Å². The molecule has 0 spiro atoms. The van der Waals surface area contributed by atoms with Crippen LogP contribution in [0.4, 0.5) is 0 Å². The van der Waals surface area contributed by atoms with E-state index in [-0.39, 0.29) is 0 Å². The van der Waals surface area contributed by atoms with Gasteiger partial charge in [-0.15, -0.1) is 0 Å². The average Bonchev–Trinajstić information content (AvgIpc) is 2.78. The molecule has 0 radical (unpaired) electrons. The van der Waals surface area contributed by atoms with Gasteiger partial charge in [-0.2, -0.15) is 0 Å². The molecule has 0 aliphatic rings. The summed E-state index contributed by atoms with van der Waals surface area (Å²) in [7, 11) is 1.65. The number of H-pyrrole nitrogens is 1. The number of hydrogen-bond donors (Lipinski definition) is 3. The molecule has 0 fully saturated rings. The lowest BCUT2D eigenvalue weighted by Gasteiger charge is -2.03. The van der Waals surface area contributed by atoms with E-state index in [0.717, 1.165) is 21.1 Å². The summed E-state index contributed by atoms with van der Waals surface area (Å²) in [6, 6.07) is 8.19. The minimum atomic E-state index is 0.428. The second-order valence-electron chi connectivity index (χ2n) is 4.15. The SMILES string of the molecule is COCCNC(N)=NCc1cc2cc(Br)ccc2[nH]1. The van der Waals surface area contributed by atoms with Crippen LogP contribution in [0.5, 0.6) is 0 Å². The number of fused-ring (bicyclic) bond motifs is 1. The van der Waals surface area contributed by atoms with Gasteiger partial charge in [0.25, 0.3) is 0 Å². The van der Waals surface area contributed by atoms with Crippen molar-refractivity contribution in [3.63, 3.8) is 0 Å². The van der Waals surface area contributed by atoms with Crippen LogP contribution >= 0.6 is 15.9 Å². The smallest absolute Gasteiger partial charge is 0.189 e. The Labute approximate surface area is 120 Å². The third kappa shape index (κ3) is 3.97. The number of nitrogens with one attached hydrogen (secondary N) is 2. The minimum Gasteiger partial charge on any atom is -0.383 e. The summed E-state index contributed by atoms with van der Waals surface area (Å²) in [5, 5.41) is 4.14.